The Hall–Kier alpha value is -0.940. The third-order valence-corrected chi connectivity index (χ3v) is 3.34. The van der Waals surface area contributed by atoms with Gasteiger partial charge in [0.25, 0.3) is 0 Å². The SMILES string of the molecule is C1COCC(c2nc(C3CCCN3)no2)C1. The van der Waals surface area contributed by atoms with Gasteiger partial charge in [-0.15, -0.1) is 0 Å². The van der Waals surface area contributed by atoms with Crippen LogP contribution in [0.2, 0.25) is 0 Å². The molecule has 0 bridgehead atoms. The average Bonchev–Trinajstić information content (AvgIpc) is 3.01. The van der Waals surface area contributed by atoms with Crippen molar-refractivity contribution in [2.75, 3.05) is 19.8 Å². The van der Waals surface area contributed by atoms with Crippen molar-refractivity contribution in [1.29, 1.82) is 0 Å². The van der Waals surface area contributed by atoms with Gasteiger partial charge in [0, 0.05) is 6.61 Å². The van der Waals surface area contributed by atoms with Crippen LogP contribution in [0.3, 0.4) is 0 Å². The van der Waals surface area contributed by atoms with E-state index in [0.29, 0.717) is 12.0 Å². The van der Waals surface area contributed by atoms with Crippen molar-refractivity contribution >= 4 is 0 Å². The molecule has 0 spiro atoms. The molecule has 3 rings (SSSR count). The molecule has 88 valence electrons. The summed E-state index contributed by atoms with van der Waals surface area (Å²) in [4.78, 5) is 4.50. The van der Waals surface area contributed by atoms with Crippen LogP contribution in [-0.4, -0.2) is 29.9 Å². The third kappa shape index (κ3) is 1.97. The number of aromatic nitrogens is 2. The Morgan fingerprint density at radius 3 is 3.00 bits per heavy atom. The molecule has 2 aliphatic rings. The fourth-order valence-electron chi connectivity index (χ4n) is 2.40. The molecule has 5 nitrogen and oxygen atoms in total. The van der Waals surface area contributed by atoms with Crippen molar-refractivity contribution in [3.8, 4) is 0 Å². The molecular formula is C11H17N3O2. The summed E-state index contributed by atoms with van der Waals surface area (Å²) in [5.41, 5.74) is 0. The standard InChI is InChI=1S/C11H17N3O2/c1-4-9(12-5-1)10-13-11(16-14-10)8-3-2-6-15-7-8/h8-9,12H,1-7H2. The molecule has 2 unspecified atom stereocenters. The van der Waals surface area contributed by atoms with Gasteiger partial charge in [-0.3, -0.25) is 0 Å². The van der Waals surface area contributed by atoms with Crippen molar-refractivity contribution in [3.63, 3.8) is 0 Å². The minimum atomic E-state index is 0.294. The summed E-state index contributed by atoms with van der Waals surface area (Å²) in [6, 6.07) is 0.294. The number of hydrogen-bond donors (Lipinski definition) is 1. The average molecular weight is 223 g/mol. The van der Waals surface area contributed by atoms with Crippen LogP contribution in [0, 0.1) is 0 Å². The molecule has 2 fully saturated rings. The summed E-state index contributed by atoms with van der Waals surface area (Å²) in [7, 11) is 0. The Kier molecular flexibility index (Phi) is 2.88. The van der Waals surface area contributed by atoms with Gasteiger partial charge in [-0.05, 0) is 32.2 Å². The summed E-state index contributed by atoms with van der Waals surface area (Å²) < 4.78 is 10.8. The molecule has 0 aliphatic carbocycles. The fourth-order valence-corrected chi connectivity index (χ4v) is 2.40. The van der Waals surface area contributed by atoms with Crippen LogP contribution in [0.4, 0.5) is 0 Å². The Balaban J connectivity index is 1.71. The van der Waals surface area contributed by atoms with Crippen LogP contribution < -0.4 is 5.32 Å². The lowest BCUT2D eigenvalue weighted by Gasteiger charge is -2.18. The van der Waals surface area contributed by atoms with Gasteiger partial charge in [-0.1, -0.05) is 5.16 Å². The minimum Gasteiger partial charge on any atom is -0.381 e. The van der Waals surface area contributed by atoms with E-state index in [9.17, 15) is 0 Å². The summed E-state index contributed by atoms with van der Waals surface area (Å²) in [6.07, 6.45) is 4.49. The molecule has 1 N–H and O–H groups in total. The lowest BCUT2D eigenvalue weighted by Crippen LogP contribution is -2.17. The van der Waals surface area contributed by atoms with Crippen LogP contribution in [0.15, 0.2) is 4.52 Å². The molecule has 16 heavy (non-hydrogen) atoms. The molecule has 0 saturated carbocycles. The topological polar surface area (TPSA) is 60.2 Å². The van der Waals surface area contributed by atoms with E-state index in [0.717, 1.165) is 50.7 Å². The highest BCUT2D eigenvalue weighted by molar-refractivity contribution is 5.00. The Morgan fingerprint density at radius 2 is 2.25 bits per heavy atom. The molecule has 5 heteroatoms. The van der Waals surface area contributed by atoms with E-state index in [-0.39, 0.29) is 0 Å². The largest absolute Gasteiger partial charge is 0.381 e. The van der Waals surface area contributed by atoms with Crippen LogP contribution in [0.5, 0.6) is 0 Å². The first kappa shape index (κ1) is 10.2. The summed E-state index contributed by atoms with van der Waals surface area (Å²) in [6.45, 7) is 2.64. The second-order valence-corrected chi connectivity index (χ2v) is 4.55. The van der Waals surface area contributed by atoms with Gasteiger partial charge in [0.1, 0.15) is 0 Å². The van der Waals surface area contributed by atoms with E-state index in [4.69, 9.17) is 9.26 Å². The summed E-state index contributed by atoms with van der Waals surface area (Å²) >= 11 is 0. The molecule has 3 heterocycles. The molecule has 0 amide bonds. The highest BCUT2D eigenvalue weighted by atomic mass is 16.5. The number of rotatable bonds is 2. The second kappa shape index (κ2) is 4.51. The van der Waals surface area contributed by atoms with Gasteiger partial charge < -0.3 is 14.6 Å². The number of hydrogen-bond acceptors (Lipinski definition) is 5. The fraction of sp³-hybridized carbons (Fsp3) is 0.818. The van der Waals surface area contributed by atoms with Gasteiger partial charge in [0.05, 0.1) is 18.6 Å². The first-order valence-electron chi connectivity index (χ1n) is 6.08. The van der Waals surface area contributed by atoms with Crippen molar-refractivity contribution in [1.82, 2.24) is 15.5 Å². The quantitative estimate of drug-likeness (QED) is 0.821. The predicted molar refractivity (Wildman–Crippen MR) is 57.1 cm³/mol. The molecule has 1 aromatic heterocycles. The van der Waals surface area contributed by atoms with Crippen molar-refractivity contribution in [2.45, 2.75) is 37.6 Å². The lowest BCUT2D eigenvalue weighted by atomic mass is 10.0. The molecule has 2 atom stereocenters. The van der Waals surface area contributed by atoms with Gasteiger partial charge in [-0.25, -0.2) is 0 Å². The van der Waals surface area contributed by atoms with E-state index >= 15 is 0 Å². The number of nitrogens with zero attached hydrogens (tertiary/aromatic N) is 2. The van der Waals surface area contributed by atoms with E-state index in [1.165, 1.54) is 6.42 Å². The zero-order valence-electron chi connectivity index (χ0n) is 9.32. The molecule has 2 saturated heterocycles. The maximum atomic E-state index is 5.43. The first-order chi connectivity index (χ1) is 7.93. The predicted octanol–water partition coefficient (Wildman–Crippen LogP) is 1.39. The summed E-state index contributed by atoms with van der Waals surface area (Å²) in [5, 5.41) is 7.44. The monoisotopic (exact) mass is 223 g/mol. The number of nitrogens with one attached hydrogen (secondary N) is 1. The van der Waals surface area contributed by atoms with Crippen LogP contribution in [0.25, 0.3) is 0 Å². The molecular weight excluding hydrogens is 206 g/mol. The lowest BCUT2D eigenvalue weighted by molar-refractivity contribution is 0.0705. The first-order valence-corrected chi connectivity index (χ1v) is 6.08. The molecule has 0 aromatic carbocycles. The van der Waals surface area contributed by atoms with E-state index < -0.39 is 0 Å². The second-order valence-electron chi connectivity index (χ2n) is 4.55. The summed E-state index contributed by atoms with van der Waals surface area (Å²) in [5.74, 6) is 1.87. The van der Waals surface area contributed by atoms with Crippen LogP contribution in [-0.2, 0) is 4.74 Å². The Bertz CT molecular complexity index is 341. The van der Waals surface area contributed by atoms with E-state index in [1.54, 1.807) is 0 Å². The maximum Gasteiger partial charge on any atom is 0.232 e. The molecule has 0 radical (unpaired) electrons. The van der Waals surface area contributed by atoms with Gasteiger partial charge >= 0.3 is 0 Å². The van der Waals surface area contributed by atoms with Crippen LogP contribution in [0.1, 0.15) is 49.4 Å². The smallest absolute Gasteiger partial charge is 0.232 e. The highest BCUT2D eigenvalue weighted by Crippen LogP contribution is 2.26. The van der Waals surface area contributed by atoms with Crippen molar-refractivity contribution < 1.29 is 9.26 Å². The molecule has 2 aliphatic heterocycles. The number of ether oxygens (including phenoxy) is 1. The van der Waals surface area contributed by atoms with Gasteiger partial charge in [0.15, 0.2) is 5.82 Å². The third-order valence-electron chi connectivity index (χ3n) is 3.34. The van der Waals surface area contributed by atoms with Crippen molar-refractivity contribution in [2.24, 2.45) is 0 Å². The van der Waals surface area contributed by atoms with Gasteiger partial charge in [-0.2, -0.15) is 4.98 Å². The van der Waals surface area contributed by atoms with Crippen molar-refractivity contribution in [3.05, 3.63) is 11.7 Å². The minimum absolute atomic E-state index is 0.294. The zero-order chi connectivity index (χ0) is 10.8. The Morgan fingerprint density at radius 1 is 1.25 bits per heavy atom. The van der Waals surface area contributed by atoms with Crippen LogP contribution >= 0.6 is 0 Å². The normalized spacial score (nSPS) is 30.8. The van der Waals surface area contributed by atoms with Gasteiger partial charge in [0.2, 0.25) is 5.89 Å². The highest BCUT2D eigenvalue weighted by Gasteiger charge is 2.26. The Labute approximate surface area is 94.6 Å². The maximum absolute atomic E-state index is 5.43. The van der Waals surface area contributed by atoms with E-state index in [2.05, 4.69) is 15.5 Å². The zero-order valence-corrected chi connectivity index (χ0v) is 9.32. The van der Waals surface area contributed by atoms with E-state index in [1.807, 2.05) is 0 Å². The molecule has 1 aromatic rings.